The zero-order valence-corrected chi connectivity index (χ0v) is 15.5. The maximum atomic E-state index is 6.09. The maximum absolute atomic E-state index is 6.09. The minimum atomic E-state index is 0.554. The van der Waals surface area contributed by atoms with Crippen molar-refractivity contribution in [2.75, 3.05) is 12.4 Å². The van der Waals surface area contributed by atoms with E-state index >= 15 is 0 Å². The molecule has 0 aliphatic heterocycles. The SMILES string of the molecule is CCCn1c(SCCOc2ccccc2Cl)nnc1-c1ccncc1. The summed E-state index contributed by atoms with van der Waals surface area (Å²) >= 11 is 7.73. The van der Waals surface area contributed by atoms with Gasteiger partial charge in [0, 0.05) is 30.3 Å². The lowest BCUT2D eigenvalue weighted by atomic mass is 10.2. The Labute approximate surface area is 156 Å². The fourth-order valence-corrected chi connectivity index (χ4v) is 3.35. The van der Waals surface area contributed by atoms with Gasteiger partial charge < -0.3 is 9.30 Å². The van der Waals surface area contributed by atoms with E-state index in [1.807, 2.05) is 36.4 Å². The lowest BCUT2D eigenvalue weighted by molar-refractivity contribution is 0.344. The molecule has 0 radical (unpaired) electrons. The predicted octanol–water partition coefficient (Wildman–Crippen LogP) is 4.57. The summed E-state index contributed by atoms with van der Waals surface area (Å²) in [6, 6.07) is 11.4. The summed E-state index contributed by atoms with van der Waals surface area (Å²) in [7, 11) is 0. The van der Waals surface area contributed by atoms with Crippen molar-refractivity contribution in [3.05, 3.63) is 53.8 Å². The molecule has 3 rings (SSSR count). The van der Waals surface area contributed by atoms with Crippen LogP contribution in [0.15, 0.2) is 53.9 Å². The number of benzene rings is 1. The number of ether oxygens (including phenoxy) is 1. The van der Waals surface area contributed by atoms with Crippen LogP contribution < -0.4 is 4.74 Å². The first-order chi connectivity index (χ1) is 12.3. The van der Waals surface area contributed by atoms with Crippen LogP contribution in [-0.2, 0) is 6.54 Å². The molecule has 1 aromatic carbocycles. The van der Waals surface area contributed by atoms with Crippen LogP contribution in [-0.4, -0.2) is 32.1 Å². The quantitative estimate of drug-likeness (QED) is 0.427. The van der Waals surface area contributed by atoms with Gasteiger partial charge in [-0.05, 0) is 30.7 Å². The van der Waals surface area contributed by atoms with Crippen LogP contribution in [0, 0.1) is 0 Å². The molecule has 0 aliphatic carbocycles. The first-order valence-corrected chi connectivity index (χ1v) is 9.49. The summed E-state index contributed by atoms with van der Waals surface area (Å²) in [5, 5.41) is 10.2. The monoisotopic (exact) mass is 374 g/mol. The number of nitrogens with zero attached hydrogens (tertiary/aromatic N) is 4. The van der Waals surface area contributed by atoms with Crippen LogP contribution in [0.25, 0.3) is 11.4 Å². The molecule has 2 heterocycles. The third-order valence-corrected chi connectivity index (χ3v) is 4.75. The van der Waals surface area contributed by atoms with Gasteiger partial charge in [-0.15, -0.1) is 10.2 Å². The lowest BCUT2D eigenvalue weighted by Gasteiger charge is -2.10. The highest BCUT2D eigenvalue weighted by Gasteiger charge is 2.13. The Morgan fingerprint density at radius 3 is 2.68 bits per heavy atom. The van der Waals surface area contributed by atoms with Crippen molar-refractivity contribution >= 4 is 23.4 Å². The van der Waals surface area contributed by atoms with Crippen LogP contribution in [0.4, 0.5) is 0 Å². The van der Waals surface area contributed by atoms with Crippen molar-refractivity contribution in [2.24, 2.45) is 0 Å². The lowest BCUT2D eigenvalue weighted by Crippen LogP contribution is -2.05. The van der Waals surface area contributed by atoms with E-state index in [0.29, 0.717) is 17.4 Å². The molecule has 0 fully saturated rings. The second kappa shape index (κ2) is 8.87. The molecule has 0 amide bonds. The van der Waals surface area contributed by atoms with Crippen molar-refractivity contribution in [2.45, 2.75) is 25.0 Å². The van der Waals surface area contributed by atoms with E-state index < -0.39 is 0 Å². The summed E-state index contributed by atoms with van der Waals surface area (Å²) in [6.07, 6.45) is 4.55. The first-order valence-electron chi connectivity index (χ1n) is 8.13. The highest BCUT2D eigenvalue weighted by Crippen LogP contribution is 2.26. The number of halogens is 1. The topological polar surface area (TPSA) is 52.8 Å². The molecule has 130 valence electrons. The number of hydrogen-bond donors (Lipinski definition) is 0. The summed E-state index contributed by atoms with van der Waals surface area (Å²) < 4.78 is 7.88. The summed E-state index contributed by atoms with van der Waals surface area (Å²) in [6.45, 7) is 3.57. The normalized spacial score (nSPS) is 10.8. The van der Waals surface area contributed by atoms with Crippen molar-refractivity contribution in [3.8, 4) is 17.1 Å². The zero-order chi connectivity index (χ0) is 17.5. The second-order valence-electron chi connectivity index (χ2n) is 5.32. The Kier molecular flexibility index (Phi) is 6.30. The smallest absolute Gasteiger partial charge is 0.191 e. The largest absolute Gasteiger partial charge is 0.491 e. The Hall–Kier alpha value is -2.05. The number of aromatic nitrogens is 4. The Morgan fingerprint density at radius 2 is 1.92 bits per heavy atom. The number of hydrogen-bond acceptors (Lipinski definition) is 5. The van der Waals surface area contributed by atoms with Gasteiger partial charge in [0.05, 0.1) is 11.6 Å². The van der Waals surface area contributed by atoms with Gasteiger partial charge in [0.2, 0.25) is 0 Å². The van der Waals surface area contributed by atoms with Crippen LogP contribution in [0.3, 0.4) is 0 Å². The van der Waals surface area contributed by atoms with Crippen molar-refractivity contribution in [1.29, 1.82) is 0 Å². The molecular weight excluding hydrogens is 356 g/mol. The van der Waals surface area contributed by atoms with Crippen molar-refractivity contribution in [3.63, 3.8) is 0 Å². The van der Waals surface area contributed by atoms with E-state index in [1.165, 1.54) is 0 Å². The molecule has 0 unspecified atom stereocenters. The summed E-state index contributed by atoms with van der Waals surface area (Å²) in [4.78, 5) is 4.06. The van der Waals surface area contributed by atoms with E-state index in [4.69, 9.17) is 16.3 Å². The molecule has 2 aromatic heterocycles. The molecule has 0 spiro atoms. The summed E-state index contributed by atoms with van der Waals surface area (Å²) in [5.74, 6) is 2.35. The number of pyridine rings is 1. The van der Waals surface area contributed by atoms with E-state index in [9.17, 15) is 0 Å². The predicted molar refractivity (Wildman–Crippen MR) is 101 cm³/mol. The van der Waals surface area contributed by atoms with Crippen molar-refractivity contribution < 1.29 is 4.74 Å². The fourth-order valence-electron chi connectivity index (χ4n) is 2.38. The highest BCUT2D eigenvalue weighted by molar-refractivity contribution is 7.99. The molecule has 0 bridgehead atoms. The molecule has 0 aliphatic rings. The molecule has 3 aromatic rings. The third kappa shape index (κ3) is 4.52. The van der Waals surface area contributed by atoms with Gasteiger partial charge in [-0.2, -0.15) is 0 Å². The van der Waals surface area contributed by atoms with Gasteiger partial charge in [-0.1, -0.05) is 42.4 Å². The van der Waals surface area contributed by atoms with Crippen LogP contribution in [0.2, 0.25) is 5.02 Å². The Balaban J connectivity index is 1.64. The minimum absolute atomic E-state index is 0.554. The standard InChI is InChI=1S/C18H19ClN4OS/c1-2-11-23-17(14-7-9-20-10-8-14)21-22-18(23)25-13-12-24-16-6-4-3-5-15(16)19/h3-10H,2,11-13H2,1H3. The molecule has 25 heavy (non-hydrogen) atoms. The highest BCUT2D eigenvalue weighted by atomic mass is 35.5. The van der Waals surface area contributed by atoms with E-state index in [1.54, 1.807) is 24.2 Å². The average Bonchev–Trinajstić information content (AvgIpc) is 3.04. The Bertz CT molecular complexity index is 810. The molecule has 0 saturated carbocycles. The first kappa shape index (κ1) is 17.8. The minimum Gasteiger partial charge on any atom is -0.491 e. The van der Waals surface area contributed by atoms with E-state index in [0.717, 1.165) is 35.3 Å². The molecular formula is C18H19ClN4OS. The molecule has 5 nitrogen and oxygen atoms in total. The Morgan fingerprint density at radius 1 is 1.12 bits per heavy atom. The van der Waals surface area contributed by atoms with Crippen LogP contribution in [0.1, 0.15) is 13.3 Å². The van der Waals surface area contributed by atoms with Gasteiger partial charge in [0.15, 0.2) is 11.0 Å². The van der Waals surface area contributed by atoms with Gasteiger partial charge >= 0.3 is 0 Å². The van der Waals surface area contributed by atoms with Gasteiger partial charge in [0.1, 0.15) is 5.75 Å². The van der Waals surface area contributed by atoms with E-state index in [-0.39, 0.29) is 0 Å². The fraction of sp³-hybridized carbons (Fsp3) is 0.278. The van der Waals surface area contributed by atoms with Crippen LogP contribution >= 0.6 is 23.4 Å². The maximum Gasteiger partial charge on any atom is 0.191 e. The third-order valence-electron chi connectivity index (χ3n) is 3.51. The molecule has 7 heteroatoms. The van der Waals surface area contributed by atoms with Crippen LogP contribution in [0.5, 0.6) is 5.75 Å². The number of rotatable bonds is 8. The molecule has 0 N–H and O–H groups in total. The number of para-hydroxylation sites is 1. The number of thioether (sulfide) groups is 1. The molecule has 0 saturated heterocycles. The zero-order valence-electron chi connectivity index (χ0n) is 13.9. The average molecular weight is 375 g/mol. The van der Waals surface area contributed by atoms with E-state index in [2.05, 4.69) is 26.7 Å². The molecule has 0 atom stereocenters. The van der Waals surface area contributed by atoms with Crippen molar-refractivity contribution in [1.82, 2.24) is 19.7 Å². The van der Waals surface area contributed by atoms with Gasteiger partial charge in [-0.3, -0.25) is 4.98 Å². The second-order valence-corrected chi connectivity index (χ2v) is 6.79. The van der Waals surface area contributed by atoms with Gasteiger partial charge in [0.25, 0.3) is 0 Å². The summed E-state index contributed by atoms with van der Waals surface area (Å²) in [5.41, 5.74) is 1.02. The van der Waals surface area contributed by atoms with Gasteiger partial charge in [-0.25, -0.2) is 0 Å².